The van der Waals surface area contributed by atoms with E-state index in [-0.39, 0.29) is 28.1 Å². The van der Waals surface area contributed by atoms with Crippen LogP contribution in [0.3, 0.4) is 0 Å². The van der Waals surface area contributed by atoms with Gasteiger partial charge in [-0.25, -0.2) is 5.01 Å². The summed E-state index contributed by atoms with van der Waals surface area (Å²) < 4.78 is 31.0. The lowest BCUT2D eigenvalue weighted by Gasteiger charge is -2.14. The van der Waals surface area contributed by atoms with Gasteiger partial charge in [-0.05, 0) is 12.1 Å². The van der Waals surface area contributed by atoms with Crippen LogP contribution < -0.4 is 5.01 Å². The Labute approximate surface area is 113 Å². The molecule has 0 aromatic heterocycles. The molecule has 0 bridgehead atoms. The minimum Gasteiger partial charge on any atom is -0.282 e. The van der Waals surface area contributed by atoms with E-state index in [1.165, 1.54) is 18.3 Å². The van der Waals surface area contributed by atoms with Gasteiger partial charge >= 0.3 is 0 Å². The van der Waals surface area contributed by atoms with Crippen molar-refractivity contribution in [2.75, 3.05) is 5.01 Å². The number of carbonyl (C=O) groups excluding carboxylic acids is 1. The number of hydrogen-bond acceptors (Lipinski definition) is 4. The van der Waals surface area contributed by atoms with Gasteiger partial charge in [-0.15, -0.1) is 0 Å². The molecule has 0 unspecified atom stereocenters. The monoisotopic (exact) mass is 308 g/mol. The van der Waals surface area contributed by atoms with Crippen LogP contribution in [0.1, 0.15) is 6.42 Å². The Morgan fingerprint density at radius 1 is 1.28 bits per heavy atom. The van der Waals surface area contributed by atoms with Crippen LogP contribution in [0.15, 0.2) is 22.1 Å². The first-order valence-corrected chi connectivity index (χ1v) is 6.82. The maximum Gasteiger partial charge on any atom is 0.297 e. The lowest BCUT2D eigenvalue weighted by Crippen LogP contribution is -2.19. The van der Waals surface area contributed by atoms with Gasteiger partial charge in [-0.1, -0.05) is 23.2 Å². The highest BCUT2D eigenvalue weighted by Crippen LogP contribution is 2.34. The van der Waals surface area contributed by atoms with Crippen molar-refractivity contribution in [1.29, 1.82) is 0 Å². The maximum atomic E-state index is 11.4. The van der Waals surface area contributed by atoms with Gasteiger partial charge in [0.15, 0.2) is 0 Å². The maximum absolute atomic E-state index is 11.4. The van der Waals surface area contributed by atoms with Gasteiger partial charge in [0.25, 0.3) is 16.0 Å². The van der Waals surface area contributed by atoms with Gasteiger partial charge < -0.3 is 0 Å². The molecular formula is C9H6Cl2N2O4S. The van der Waals surface area contributed by atoms with Crippen LogP contribution >= 0.6 is 23.2 Å². The van der Waals surface area contributed by atoms with Crippen LogP contribution in [0, 0.1) is 0 Å². The molecule has 0 radical (unpaired) electrons. The van der Waals surface area contributed by atoms with E-state index in [9.17, 15) is 13.2 Å². The summed E-state index contributed by atoms with van der Waals surface area (Å²) in [6, 6.07) is 2.38. The summed E-state index contributed by atoms with van der Waals surface area (Å²) in [5.74, 6) is -0.290. The zero-order valence-electron chi connectivity index (χ0n) is 8.67. The number of amides is 1. The third-order valence-electron chi connectivity index (χ3n) is 2.18. The average molecular weight is 309 g/mol. The molecule has 0 saturated carbocycles. The molecule has 18 heavy (non-hydrogen) atoms. The summed E-state index contributed by atoms with van der Waals surface area (Å²) in [5.41, 5.74) is 0.233. The Morgan fingerprint density at radius 2 is 1.83 bits per heavy atom. The average Bonchev–Trinajstić information content (AvgIpc) is 2.60. The molecule has 6 nitrogen and oxygen atoms in total. The van der Waals surface area contributed by atoms with Crippen molar-refractivity contribution in [1.82, 2.24) is 0 Å². The number of hydrogen-bond donors (Lipinski definition) is 1. The summed E-state index contributed by atoms with van der Waals surface area (Å²) in [6.45, 7) is 0. The van der Waals surface area contributed by atoms with Crippen LogP contribution in [0.5, 0.6) is 0 Å². The Hall–Kier alpha value is -1.15. The minimum absolute atomic E-state index is 0.148. The second-order valence-electron chi connectivity index (χ2n) is 3.42. The van der Waals surface area contributed by atoms with Crippen LogP contribution in [0.4, 0.5) is 5.69 Å². The Bertz CT molecular complexity index is 634. The van der Waals surface area contributed by atoms with Gasteiger partial charge in [-0.3, -0.25) is 9.35 Å². The van der Waals surface area contributed by atoms with Crippen molar-refractivity contribution in [3.8, 4) is 0 Å². The molecule has 1 aliphatic heterocycles. The van der Waals surface area contributed by atoms with Crippen LogP contribution in [0.2, 0.25) is 10.0 Å². The molecule has 1 aromatic carbocycles. The predicted octanol–water partition coefficient (Wildman–Crippen LogP) is 1.96. The van der Waals surface area contributed by atoms with Gasteiger partial charge in [0.05, 0.1) is 22.2 Å². The van der Waals surface area contributed by atoms with Crippen LogP contribution in [-0.2, 0) is 14.9 Å². The standard InChI is InChI=1S/C9H6Cl2N2O4S/c10-6-3-5(13-8(14)1-2-12-13)4-7(11)9(6)18(15,16)17/h2-4H,1H2,(H,15,16,17). The Balaban J connectivity index is 2.56. The molecule has 96 valence electrons. The predicted molar refractivity (Wildman–Crippen MR) is 66.9 cm³/mol. The van der Waals surface area contributed by atoms with Gasteiger partial charge in [-0.2, -0.15) is 13.5 Å². The highest BCUT2D eigenvalue weighted by Gasteiger charge is 2.24. The van der Waals surface area contributed by atoms with Gasteiger partial charge in [0, 0.05) is 6.21 Å². The van der Waals surface area contributed by atoms with E-state index in [4.69, 9.17) is 27.8 Å². The molecule has 1 N–H and O–H groups in total. The Kier molecular flexibility index (Phi) is 3.33. The molecule has 1 aromatic rings. The quantitative estimate of drug-likeness (QED) is 0.846. The first-order chi connectivity index (χ1) is 8.30. The molecule has 0 fully saturated rings. The van der Waals surface area contributed by atoms with Crippen molar-refractivity contribution in [2.24, 2.45) is 5.10 Å². The van der Waals surface area contributed by atoms with Gasteiger partial charge in [0.2, 0.25) is 0 Å². The minimum atomic E-state index is -4.52. The molecule has 2 rings (SSSR count). The van der Waals surface area contributed by atoms with Crippen LogP contribution in [-0.4, -0.2) is 25.1 Å². The second kappa shape index (κ2) is 4.51. The van der Waals surface area contributed by atoms with E-state index in [1.54, 1.807) is 0 Å². The highest BCUT2D eigenvalue weighted by molar-refractivity contribution is 7.86. The summed E-state index contributed by atoms with van der Waals surface area (Å²) in [4.78, 5) is 10.8. The summed E-state index contributed by atoms with van der Waals surface area (Å²) in [6.07, 6.45) is 1.55. The van der Waals surface area contributed by atoms with E-state index in [2.05, 4.69) is 5.10 Å². The van der Waals surface area contributed by atoms with E-state index in [0.717, 1.165) is 5.01 Å². The molecule has 9 heteroatoms. The SMILES string of the molecule is O=C1CC=NN1c1cc(Cl)c(S(=O)(=O)O)c(Cl)c1. The first kappa shape index (κ1) is 13.3. The third kappa shape index (κ3) is 2.35. The molecule has 0 spiro atoms. The fraction of sp³-hybridized carbons (Fsp3) is 0.111. The molecular weight excluding hydrogens is 303 g/mol. The lowest BCUT2D eigenvalue weighted by atomic mass is 10.3. The van der Waals surface area contributed by atoms with Crippen molar-refractivity contribution in [3.05, 3.63) is 22.2 Å². The zero-order valence-corrected chi connectivity index (χ0v) is 11.0. The second-order valence-corrected chi connectivity index (χ2v) is 5.59. The zero-order chi connectivity index (χ0) is 13.5. The molecule has 0 saturated heterocycles. The smallest absolute Gasteiger partial charge is 0.282 e. The normalized spacial score (nSPS) is 15.5. The fourth-order valence-corrected chi connectivity index (χ4v) is 3.15. The van der Waals surface area contributed by atoms with E-state index in [0.29, 0.717) is 0 Å². The molecule has 1 amide bonds. The topological polar surface area (TPSA) is 87.0 Å². The number of benzene rings is 1. The molecule has 1 heterocycles. The third-order valence-corrected chi connectivity index (χ3v) is 3.96. The van der Waals surface area contributed by atoms with Crippen LogP contribution in [0.25, 0.3) is 0 Å². The van der Waals surface area contributed by atoms with Crippen molar-refractivity contribution in [2.45, 2.75) is 11.3 Å². The Morgan fingerprint density at radius 3 is 2.22 bits per heavy atom. The number of anilines is 1. The number of nitrogens with zero attached hydrogens (tertiary/aromatic N) is 2. The molecule has 1 aliphatic rings. The molecule has 0 atom stereocenters. The number of halogens is 2. The number of hydrazone groups is 1. The number of rotatable bonds is 2. The van der Waals surface area contributed by atoms with Crippen molar-refractivity contribution in [3.63, 3.8) is 0 Å². The summed E-state index contributed by atoms with van der Waals surface area (Å²) >= 11 is 11.5. The van der Waals surface area contributed by atoms with Gasteiger partial charge in [0.1, 0.15) is 4.90 Å². The van der Waals surface area contributed by atoms with Crippen molar-refractivity contribution < 1.29 is 17.8 Å². The van der Waals surface area contributed by atoms with E-state index in [1.807, 2.05) is 0 Å². The van der Waals surface area contributed by atoms with Crippen molar-refractivity contribution >= 4 is 51.1 Å². The fourth-order valence-electron chi connectivity index (χ4n) is 1.48. The summed E-state index contributed by atoms with van der Waals surface area (Å²) in [7, 11) is -4.52. The lowest BCUT2D eigenvalue weighted by molar-refractivity contribution is -0.116. The largest absolute Gasteiger partial charge is 0.297 e. The first-order valence-electron chi connectivity index (χ1n) is 4.62. The van der Waals surface area contributed by atoms with E-state index < -0.39 is 15.0 Å². The number of carbonyl (C=O) groups is 1. The highest BCUT2D eigenvalue weighted by atomic mass is 35.5. The summed E-state index contributed by atoms with van der Waals surface area (Å²) in [5, 5.41) is 4.27. The molecule has 0 aliphatic carbocycles. The van der Waals surface area contributed by atoms with E-state index >= 15 is 0 Å².